The van der Waals surface area contributed by atoms with Crippen LogP contribution in [0.3, 0.4) is 0 Å². The number of anilines is 1. The SMILES string of the molecule is C=CC(=O)N1CCn2nc(-c3nc(N4CC[C@@H]5CN(C(C)=O)CC5C4)c4ccsc4c3-c3c(F)cc(F)cc3OCCOC)cc2[C@H]1C. The third-order valence-corrected chi connectivity index (χ3v) is 10.8. The zero-order valence-corrected chi connectivity index (χ0v) is 28.1. The van der Waals surface area contributed by atoms with Crippen LogP contribution in [0.4, 0.5) is 14.6 Å². The normalized spacial score (nSPS) is 20.6. The average molecular weight is 677 g/mol. The van der Waals surface area contributed by atoms with Crippen molar-refractivity contribution in [1.29, 1.82) is 0 Å². The predicted molar refractivity (Wildman–Crippen MR) is 180 cm³/mol. The van der Waals surface area contributed by atoms with E-state index in [4.69, 9.17) is 19.6 Å². The van der Waals surface area contributed by atoms with E-state index < -0.39 is 11.6 Å². The quantitative estimate of drug-likeness (QED) is 0.179. The number of likely N-dealkylation sites (tertiary alicyclic amines) is 1. The van der Waals surface area contributed by atoms with Gasteiger partial charge in [0, 0.05) is 74.5 Å². The number of hydrogen-bond donors (Lipinski definition) is 0. The van der Waals surface area contributed by atoms with Crippen molar-refractivity contribution in [2.45, 2.75) is 32.9 Å². The molecule has 13 heteroatoms. The lowest BCUT2D eigenvalue weighted by Gasteiger charge is -2.35. The number of benzene rings is 1. The lowest BCUT2D eigenvalue weighted by Crippen LogP contribution is -2.40. The number of hydrogen-bond acceptors (Lipinski definition) is 8. The van der Waals surface area contributed by atoms with Crippen molar-refractivity contribution in [2.75, 3.05) is 57.9 Å². The molecule has 7 rings (SSSR count). The van der Waals surface area contributed by atoms with E-state index >= 15 is 4.39 Å². The van der Waals surface area contributed by atoms with Crippen LogP contribution in [0.5, 0.6) is 5.75 Å². The fourth-order valence-electron chi connectivity index (χ4n) is 7.46. The van der Waals surface area contributed by atoms with E-state index in [9.17, 15) is 14.0 Å². The van der Waals surface area contributed by atoms with Gasteiger partial charge in [-0.15, -0.1) is 11.3 Å². The minimum absolute atomic E-state index is 0.0474. The zero-order valence-electron chi connectivity index (χ0n) is 27.2. The lowest BCUT2D eigenvalue weighted by molar-refractivity contribution is -0.129. The highest BCUT2D eigenvalue weighted by Crippen LogP contribution is 2.48. The Hall–Kier alpha value is -4.36. The maximum atomic E-state index is 16.1. The summed E-state index contributed by atoms with van der Waals surface area (Å²) in [6.07, 6.45) is 2.23. The Labute approximate surface area is 281 Å². The monoisotopic (exact) mass is 676 g/mol. The van der Waals surface area contributed by atoms with Crippen molar-refractivity contribution in [2.24, 2.45) is 11.8 Å². The lowest BCUT2D eigenvalue weighted by atomic mass is 9.88. The standard InChI is InChI=1S/C35H38F2N6O4S/c1-5-30(45)42-9-10-43-28(20(42)2)16-27(39-43)33-32(31-26(37)14-24(36)15-29(31)47-12-11-46-4)34-25(7-13-48-34)35(38-33)40-8-6-22-17-41(21(3)44)19-23(22)18-40/h5,7,13-16,20,22-23H,1,6,8-12,17-19H2,2-4H3/t20-,22-,23?/m1/s1. The molecule has 3 atom stereocenters. The van der Waals surface area contributed by atoms with Crippen molar-refractivity contribution in [3.63, 3.8) is 0 Å². The van der Waals surface area contributed by atoms with Gasteiger partial charge in [0.15, 0.2) is 0 Å². The van der Waals surface area contributed by atoms with Crippen molar-refractivity contribution >= 4 is 39.1 Å². The molecule has 3 aliphatic heterocycles. The molecule has 0 saturated carbocycles. The van der Waals surface area contributed by atoms with Crippen LogP contribution in [0, 0.1) is 23.5 Å². The summed E-state index contributed by atoms with van der Waals surface area (Å²) in [4.78, 5) is 36.1. The van der Waals surface area contributed by atoms with Crippen LogP contribution in [-0.2, 0) is 20.9 Å². The van der Waals surface area contributed by atoms with Gasteiger partial charge in [-0.1, -0.05) is 6.58 Å². The van der Waals surface area contributed by atoms with E-state index in [-0.39, 0.29) is 42.4 Å². The first-order valence-corrected chi connectivity index (χ1v) is 17.1. The summed E-state index contributed by atoms with van der Waals surface area (Å²) in [6.45, 7) is 11.5. The van der Waals surface area contributed by atoms with E-state index in [0.717, 1.165) is 53.7 Å². The second kappa shape index (κ2) is 12.9. The number of carbonyl (C=O) groups excluding carboxylic acids is 2. The number of methoxy groups -OCH3 is 1. The molecule has 1 unspecified atom stereocenters. The Morgan fingerprint density at radius 3 is 2.67 bits per heavy atom. The first-order chi connectivity index (χ1) is 23.2. The van der Waals surface area contributed by atoms with Crippen LogP contribution in [0.2, 0.25) is 0 Å². The molecule has 10 nitrogen and oxygen atoms in total. The van der Waals surface area contributed by atoms with Crippen molar-refractivity contribution in [3.05, 3.63) is 59.6 Å². The van der Waals surface area contributed by atoms with E-state index in [0.29, 0.717) is 48.4 Å². The van der Waals surface area contributed by atoms with E-state index in [2.05, 4.69) is 11.5 Å². The third-order valence-electron chi connectivity index (χ3n) is 9.91. The minimum atomic E-state index is -0.774. The molecule has 3 aliphatic rings. The second-order valence-electron chi connectivity index (χ2n) is 12.7. The Bertz CT molecular complexity index is 1910. The maximum Gasteiger partial charge on any atom is 0.246 e. The van der Waals surface area contributed by atoms with Crippen LogP contribution in [-0.4, -0.2) is 89.4 Å². The minimum Gasteiger partial charge on any atom is -0.490 e. The summed E-state index contributed by atoms with van der Waals surface area (Å²) in [5, 5.41) is 7.77. The number of ether oxygens (including phenoxy) is 2. The number of carbonyl (C=O) groups is 2. The molecular weight excluding hydrogens is 638 g/mol. The third kappa shape index (κ3) is 5.62. The van der Waals surface area contributed by atoms with Gasteiger partial charge >= 0.3 is 0 Å². The molecule has 0 spiro atoms. The summed E-state index contributed by atoms with van der Waals surface area (Å²) in [6, 6.07) is 5.67. The summed E-state index contributed by atoms with van der Waals surface area (Å²) < 4.78 is 44.5. The van der Waals surface area contributed by atoms with Gasteiger partial charge in [-0.3, -0.25) is 14.3 Å². The van der Waals surface area contributed by atoms with E-state index in [1.807, 2.05) is 34.0 Å². The number of pyridine rings is 1. The van der Waals surface area contributed by atoms with Crippen molar-refractivity contribution in [1.82, 2.24) is 24.6 Å². The number of thiophene rings is 1. The van der Waals surface area contributed by atoms with Gasteiger partial charge < -0.3 is 24.2 Å². The topological polar surface area (TPSA) is 93.0 Å². The molecule has 3 aromatic heterocycles. The molecule has 2 fully saturated rings. The second-order valence-corrected chi connectivity index (χ2v) is 13.6. The van der Waals surface area contributed by atoms with Crippen LogP contribution in [0.1, 0.15) is 32.0 Å². The smallest absolute Gasteiger partial charge is 0.246 e. The molecule has 1 aromatic carbocycles. The molecule has 252 valence electrons. The number of nitrogens with zero attached hydrogens (tertiary/aromatic N) is 6. The Morgan fingerprint density at radius 2 is 1.90 bits per heavy atom. The number of halogens is 2. The van der Waals surface area contributed by atoms with Gasteiger partial charge in [-0.05, 0) is 48.8 Å². The van der Waals surface area contributed by atoms with Crippen LogP contribution in [0.25, 0.3) is 32.6 Å². The van der Waals surface area contributed by atoms with Gasteiger partial charge in [0.25, 0.3) is 0 Å². The summed E-state index contributed by atoms with van der Waals surface area (Å²) >= 11 is 1.45. The number of amides is 2. The molecule has 2 amide bonds. The van der Waals surface area contributed by atoms with Gasteiger partial charge in [-0.2, -0.15) is 5.10 Å². The molecule has 0 N–H and O–H groups in total. The molecule has 0 aliphatic carbocycles. The molecule has 2 saturated heterocycles. The Kier molecular flexibility index (Phi) is 8.67. The zero-order chi connectivity index (χ0) is 33.7. The maximum absolute atomic E-state index is 16.1. The molecule has 0 bridgehead atoms. The Balaban J connectivity index is 1.40. The fraction of sp³-hybridized carbons (Fsp3) is 0.429. The number of rotatable bonds is 8. The van der Waals surface area contributed by atoms with Gasteiger partial charge in [0.05, 0.1) is 30.5 Å². The molecular formula is C35H38F2N6O4S. The largest absolute Gasteiger partial charge is 0.490 e. The predicted octanol–water partition coefficient (Wildman–Crippen LogP) is 5.52. The van der Waals surface area contributed by atoms with E-state index in [1.54, 1.807) is 11.8 Å². The number of fused-ring (bicyclic) bond motifs is 3. The number of piperidine rings is 1. The van der Waals surface area contributed by atoms with Gasteiger partial charge in [-0.25, -0.2) is 13.8 Å². The first kappa shape index (κ1) is 32.2. The van der Waals surface area contributed by atoms with Crippen molar-refractivity contribution in [3.8, 4) is 28.3 Å². The molecule has 48 heavy (non-hydrogen) atoms. The molecule has 6 heterocycles. The van der Waals surface area contributed by atoms with Gasteiger partial charge in [0.1, 0.15) is 41.2 Å². The fourth-order valence-corrected chi connectivity index (χ4v) is 8.41. The van der Waals surface area contributed by atoms with Crippen LogP contribution < -0.4 is 9.64 Å². The first-order valence-electron chi connectivity index (χ1n) is 16.2. The average Bonchev–Trinajstić information content (AvgIpc) is 3.83. The van der Waals surface area contributed by atoms with Crippen molar-refractivity contribution < 1.29 is 27.8 Å². The highest BCUT2D eigenvalue weighted by atomic mass is 32.1. The van der Waals surface area contributed by atoms with E-state index in [1.165, 1.54) is 30.6 Å². The van der Waals surface area contributed by atoms with Crippen LogP contribution in [0.15, 0.2) is 42.3 Å². The molecule has 4 aromatic rings. The van der Waals surface area contributed by atoms with Crippen LogP contribution >= 0.6 is 11.3 Å². The Morgan fingerprint density at radius 1 is 1.08 bits per heavy atom. The summed E-state index contributed by atoms with van der Waals surface area (Å²) in [5.41, 5.74) is 2.34. The number of aromatic nitrogens is 3. The summed E-state index contributed by atoms with van der Waals surface area (Å²) in [7, 11) is 1.53. The molecule has 0 radical (unpaired) electrons. The summed E-state index contributed by atoms with van der Waals surface area (Å²) in [5.74, 6) is -0.0450. The highest BCUT2D eigenvalue weighted by Gasteiger charge is 2.39. The van der Waals surface area contributed by atoms with Gasteiger partial charge in [0.2, 0.25) is 11.8 Å². The highest BCUT2D eigenvalue weighted by molar-refractivity contribution is 7.18.